The fourth-order valence-corrected chi connectivity index (χ4v) is 3.75. The van der Waals surface area contributed by atoms with Crippen LogP contribution < -0.4 is 9.47 Å². The van der Waals surface area contributed by atoms with Crippen molar-refractivity contribution in [1.29, 1.82) is 0 Å². The van der Waals surface area contributed by atoms with Crippen LogP contribution >= 0.6 is 0 Å². The highest BCUT2D eigenvalue weighted by atomic mass is 16.7. The summed E-state index contributed by atoms with van der Waals surface area (Å²) in [6, 6.07) is -10.1. The summed E-state index contributed by atoms with van der Waals surface area (Å²) in [5.74, 6) is -3.34. The van der Waals surface area contributed by atoms with Crippen molar-refractivity contribution in [2.24, 2.45) is 0 Å². The largest absolute Gasteiger partial charge is 0.454 e. The lowest BCUT2D eigenvalue weighted by molar-refractivity contribution is -0.157. The quantitative estimate of drug-likeness (QED) is 0.680. The van der Waals surface area contributed by atoms with Crippen LogP contribution in [0.2, 0.25) is 0 Å². The van der Waals surface area contributed by atoms with Crippen LogP contribution in [0.5, 0.6) is 11.5 Å². The van der Waals surface area contributed by atoms with Crippen LogP contribution in [0.1, 0.15) is 37.9 Å². The van der Waals surface area contributed by atoms with E-state index >= 15 is 0 Å². The van der Waals surface area contributed by atoms with Gasteiger partial charge >= 0.3 is 0 Å². The fraction of sp³-hybridized carbons (Fsp3) is 0.273. The summed E-state index contributed by atoms with van der Waals surface area (Å²) in [7, 11) is 0.977. The predicted octanol–water partition coefficient (Wildman–Crippen LogP) is 2.21. The van der Waals surface area contributed by atoms with Gasteiger partial charge in [-0.05, 0) is 29.3 Å². The molecular weight excluding hydrogens is 370 g/mol. The topological polar surface area (TPSA) is 74.9 Å². The zero-order valence-corrected chi connectivity index (χ0v) is 14.9. The molecule has 29 heavy (non-hydrogen) atoms. The monoisotopic (exact) mass is 400 g/mol. The second-order valence-electron chi connectivity index (χ2n) is 6.63. The molecule has 0 bridgehead atoms. The number of nitrogens with one attached hydrogen (secondary N) is 1. The Labute approximate surface area is 182 Å². The average molecular weight is 400 g/mol. The lowest BCUT2D eigenvalue weighted by Crippen LogP contribution is -2.62. The van der Waals surface area contributed by atoms with Crippen molar-refractivity contribution in [2.45, 2.75) is 18.5 Å². The Morgan fingerprint density at radius 3 is 2.93 bits per heavy atom. The first kappa shape index (κ1) is 8.90. The van der Waals surface area contributed by atoms with Crippen molar-refractivity contribution in [3.8, 4) is 11.5 Å². The molecule has 7 heteroatoms. The number of aromatic nitrogens is 1. The van der Waals surface area contributed by atoms with E-state index in [4.69, 9.17) is 21.8 Å². The Bertz CT molecular complexity index is 1730. The summed E-state index contributed by atoms with van der Waals surface area (Å²) in [6.07, 6.45) is -0.699. The Morgan fingerprint density at radius 1 is 1.21 bits per heavy atom. The number of benzene rings is 2. The van der Waals surface area contributed by atoms with E-state index in [1.807, 2.05) is 0 Å². The molecule has 1 saturated heterocycles. The minimum Gasteiger partial charge on any atom is -0.454 e. The van der Waals surface area contributed by atoms with Gasteiger partial charge in [0.1, 0.15) is 6.02 Å². The Kier molecular flexibility index (Phi) is 1.77. The standard InChI is InChI=1S/C22H19N3O4/c1-24-10-19(26)25-16(22(24)27)9-14-13-4-2-3-5-15(13)23-20(14)21(25)12-6-7-17-18(8-12)29-11-28-17/h2-8,16,21,23H,9-11H2,1H3/t16-,21-/m1/s1/i2D,3D,4D,5D,6D,7D,8D,10D2,16D,21D. The maximum Gasteiger partial charge on any atom is 0.245 e. The number of hydrogen-bond acceptors (Lipinski definition) is 4. The maximum absolute atomic E-state index is 13.8. The van der Waals surface area contributed by atoms with E-state index < -0.39 is 91.4 Å². The summed E-state index contributed by atoms with van der Waals surface area (Å²) >= 11 is 0. The molecule has 2 amide bonds. The molecule has 4 heterocycles. The highest BCUT2D eigenvalue weighted by Gasteiger charge is 2.47. The van der Waals surface area contributed by atoms with Gasteiger partial charge in [-0.25, -0.2) is 0 Å². The number of carbonyl (C=O) groups excluding carboxylic acids is 2. The fourth-order valence-electron chi connectivity index (χ4n) is 3.75. The molecule has 0 spiro atoms. The van der Waals surface area contributed by atoms with Crippen LogP contribution in [0.25, 0.3) is 10.9 Å². The molecule has 2 aromatic carbocycles. The first-order chi connectivity index (χ1) is 18.5. The molecule has 0 radical (unpaired) electrons. The molecule has 1 aromatic heterocycles. The van der Waals surface area contributed by atoms with Gasteiger partial charge in [-0.3, -0.25) is 9.59 Å². The SMILES string of the molecule is [2H]c1c([2H])c([C@]2([2H])c3[nH]c4c([2H])c([2H])c([2H])c([2H])c4c3C[C@]3([2H])C(=O)N(C)C([2H])([2H])C(=O)N23)c([2H])c2c1OCO2. The van der Waals surface area contributed by atoms with E-state index in [1.54, 1.807) is 0 Å². The first-order valence-corrected chi connectivity index (χ1v) is 8.67. The number of fused-ring (bicyclic) bond motifs is 5. The summed E-state index contributed by atoms with van der Waals surface area (Å²) in [6.45, 7) is -3.45. The molecule has 7 nitrogen and oxygen atoms in total. The Hall–Kier alpha value is -3.48. The van der Waals surface area contributed by atoms with Crippen molar-refractivity contribution in [3.05, 3.63) is 59.1 Å². The third-order valence-electron chi connectivity index (χ3n) is 5.02. The molecule has 1 N–H and O–H groups in total. The molecule has 1 fully saturated rings. The van der Waals surface area contributed by atoms with E-state index in [9.17, 15) is 12.3 Å². The van der Waals surface area contributed by atoms with Gasteiger partial charge < -0.3 is 24.3 Å². The van der Waals surface area contributed by atoms with Crippen LogP contribution in [-0.4, -0.2) is 53.0 Å². The molecule has 3 aromatic rings. The highest BCUT2D eigenvalue weighted by Crippen LogP contribution is 2.44. The number of nitrogens with zero attached hydrogens (tertiary/aromatic N) is 2. The van der Waals surface area contributed by atoms with E-state index in [-0.39, 0.29) is 33.7 Å². The summed E-state index contributed by atoms with van der Waals surface area (Å²) in [5, 5.41) is -0.162. The van der Waals surface area contributed by atoms with Crippen LogP contribution in [-0.2, 0) is 16.0 Å². The van der Waals surface area contributed by atoms with Gasteiger partial charge in [-0.15, -0.1) is 0 Å². The van der Waals surface area contributed by atoms with Gasteiger partial charge in [0.2, 0.25) is 18.6 Å². The van der Waals surface area contributed by atoms with Crippen LogP contribution in [0.4, 0.5) is 0 Å². The normalized spacial score (nSPS) is 35.0. The summed E-state index contributed by atoms with van der Waals surface area (Å²) in [4.78, 5) is 30.9. The molecule has 0 saturated carbocycles. The molecule has 6 rings (SSSR count). The van der Waals surface area contributed by atoms with Crippen LogP contribution in [0.3, 0.4) is 0 Å². The van der Waals surface area contributed by atoms with Gasteiger partial charge in [-0.1, -0.05) is 24.2 Å². The van der Waals surface area contributed by atoms with E-state index in [1.165, 1.54) is 0 Å². The maximum atomic E-state index is 13.8. The van der Waals surface area contributed by atoms with Gasteiger partial charge in [-0.2, -0.15) is 0 Å². The molecule has 2 atom stereocenters. The third kappa shape index (κ3) is 2.24. The van der Waals surface area contributed by atoms with E-state index in [0.29, 0.717) is 9.80 Å². The van der Waals surface area contributed by atoms with Crippen molar-refractivity contribution >= 4 is 22.7 Å². The van der Waals surface area contributed by atoms with Gasteiger partial charge in [0, 0.05) is 30.1 Å². The number of carbonyl (C=O) groups is 2. The summed E-state index contributed by atoms with van der Waals surface area (Å²) < 4.78 is 105. The smallest absolute Gasteiger partial charge is 0.245 e. The Balaban J connectivity index is 1.83. The lowest BCUT2D eigenvalue weighted by atomic mass is 9.86. The molecule has 0 unspecified atom stereocenters. The number of piperazine rings is 1. The number of ether oxygens (including phenoxy) is 2. The van der Waals surface area contributed by atoms with Crippen LogP contribution in [0, 0.1) is 0 Å². The van der Waals surface area contributed by atoms with Gasteiger partial charge in [0.25, 0.3) is 0 Å². The second-order valence-corrected chi connectivity index (χ2v) is 6.63. The minimum atomic E-state index is -3.05. The van der Waals surface area contributed by atoms with Crippen molar-refractivity contribution in [2.75, 3.05) is 20.3 Å². The number of amides is 2. The van der Waals surface area contributed by atoms with Crippen molar-refractivity contribution in [3.63, 3.8) is 0 Å². The molecule has 3 aliphatic heterocycles. The predicted molar refractivity (Wildman–Crippen MR) is 105 cm³/mol. The van der Waals surface area contributed by atoms with Crippen LogP contribution in [0.15, 0.2) is 42.3 Å². The third-order valence-corrected chi connectivity index (χ3v) is 5.02. The number of para-hydroxylation sites is 1. The van der Waals surface area contributed by atoms with Crippen molar-refractivity contribution in [1.82, 2.24) is 14.8 Å². The van der Waals surface area contributed by atoms with Crippen molar-refractivity contribution < 1.29 is 34.1 Å². The lowest BCUT2D eigenvalue weighted by Gasteiger charge is -2.46. The van der Waals surface area contributed by atoms with Gasteiger partial charge in [0.15, 0.2) is 11.5 Å². The molecule has 146 valence electrons. The molecule has 3 aliphatic rings. The number of rotatable bonds is 1. The number of H-pyrrole nitrogens is 1. The second kappa shape index (κ2) is 5.76. The summed E-state index contributed by atoms with van der Waals surface area (Å²) in [5.41, 5.74) is -1.41. The zero-order chi connectivity index (χ0) is 29.4. The molecule has 0 aliphatic carbocycles. The average Bonchev–Trinajstić information content (AvgIpc) is 3.54. The van der Waals surface area contributed by atoms with E-state index in [0.717, 1.165) is 7.05 Å². The Morgan fingerprint density at radius 2 is 2.03 bits per heavy atom. The number of likely N-dealkylation sites (N-methyl/N-ethyl adjacent to an activating group) is 1. The highest BCUT2D eigenvalue weighted by molar-refractivity contribution is 5.97. The minimum absolute atomic E-state index is 0.122. The first-order valence-electron chi connectivity index (χ1n) is 14.2. The van der Waals surface area contributed by atoms with Gasteiger partial charge in [0.05, 0.1) is 27.6 Å². The van der Waals surface area contributed by atoms with E-state index in [2.05, 4.69) is 4.98 Å². The molecular formula is C22H19N3O4. The number of aromatic amines is 1. The zero-order valence-electron chi connectivity index (χ0n) is 25.9. The number of hydrogen-bond donors (Lipinski definition) is 1.